The number of hydrogen-bond acceptors (Lipinski definition) is 4. The molecule has 5 heteroatoms. The van der Waals surface area contributed by atoms with E-state index >= 15 is 0 Å². The molecule has 0 bridgehead atoms. The van der Waals surface area contributed by atoms with E-state index < -0.39 is 0 Å². The fourth-order valence-corrected chi connectivity index (χ4v) is 2.67. The van der Waals surface area contributed by atoms with E-state index in [4.69, 9.17) is 16.3 Å². The summed E-state index contributed by atoms with van der Waals surface area (Å²) in [6, 6.07) is 9.45. The highest BCUT2D eigenvalue weighted by Gasteiger charge is 2.17. The van der Waals surface area contributed by atoms with Crippen LogP contribution in [0.15, 0.2) is 24.3 Å². The Bertz CT molecular complexity index is 737. The lowest BCUT2D eigenvalue weighted by atomic mass is 10.1. The minimum Gasteiger partial charge on any atom is -0.497 e. The van der Waals surface area contributed by atoms with Crippen LogP contribution in [0.5, 0.6) is 5.75 Å². The van der Waals surface area contributed by atoms with Gasteiger partial charge in [0.05, 0.1) is 23.4 Å². The first-order valence-corrected chi connectivity index (χ1v) is 7.12. The van der Waals surface area contributed by atoms with Crippen LogP contribution in [0.1, 0.15) is 23.2 Å². The van der Waals surface area contributed by atoms with Crippen LogP contribution in [0.4, 0.5) is 11.5 Å². The summed E-state index contributed by atoms with van der Waals surface area (Å²) in [5, 5.41) is 13.0. The molecule has 0 radical (unpaired) electrons. The van der Waals surface area contributed by atoms with Crippen molar-refractivity contribution >= 4 is 23.1 Å². The van der Waals surface area contributed by atoms with Crippen LogP contribution in [0.3, 0.4) is 0 Å². The molecule has 0 fully saturated rings. The summed E-state index contributed by atoms with van der Waals surface area (Å²) in [6.07, 6.45) is 3.05. The predicted molar refractivity (Wildman–Crippen MR) is 82.3 cm³/mol. The molecule has 1 aromatic carbocycles. The molecule has 1 N–H and O–H groups in total. The van der Waals surface area contributed by atoms with E-state index in [-0.39, 0.29) is 0 Å². The number of ether oxygens (including phenoxy) is 1. The monoisotopic (exact) mass is 299 g/mol. The Hall–Kier alpha value is -2.25. The number of benzene rings is 1. The van der Waals surface area contributed by atoms with E-state index in [1.54, 1.807) is 25.3 Å². The van der Waals surface area contributed by atoms with E-state index in [1.165, 1.54) is 5.56 Å². The third-order valence-electron chi connectivity index (χ3n) is 3.60. The molecule has 1 aliphatic rings. The molecule has 0 saturated carbocycles. The molecule has 4 nitrogen and oxygen atoms in total. The molecule has 0 atom stereocenters. The highest BCUT2D eigenvalue weighted by Crippen LogP contribution is 2.31. The second-order valence-electron chi connectivity index (χ2n) is 4.93. The van der Waals surface area contributed by atoms with E-state index in [2.05, 4.69) is 16.4 Å². The Labute approximate surface area is 128 Å². The normalized spacial score (nSPS) is 12.6. The van der Waals surface area contributed by atoms with Crippen LogP contribution in [-0.4, -0.2) is 12.1 Å². The number of aromatic nitrogens is 1. The summed E-state index contributed by atoms with van der Waals surface area (Å²) in [5.74, 6) is 1.25. The third kappa shape index (κ3) is 2.65. The first-order chi connectivity index (χ1) is 10.2. The van der Waals surface area contributed by atoms with E-state index in [0.717, 1.165) is 25.0 Å². The number of anilines is 2. The Kier molecular flexibility index (Phi) is 3.68. The molecule has 0 aliphatic heterocycles. The average Bonchev–Trinajstić information content (AvgIpc) is 2.95. The summed E-state index contributed by atoms with van der Waals surface area (Å²) in [5.41, 5.74) is 3.46. The summed E-state index contributed by atoms with van der Waals surface area (Å²) < 4.78 is 5.19. The molecule has 0 saturated heterocycles. The van der Waals surface area contributed by atoms with Crippen molar-refractivity contribution in [2.75, 3.05) is 12.4 Å². The standard InChI is InChI=1S/C16H14ClN3O/c1-21-12-5-6-13(17)15(8-12)20-16-11(9-18)7-10-3-2-4-14(10)19-16/h5-8H,2-4H2,1H3,(H,19,20). The van der Waals surface area contributed by atoms with Crippen LogP contribution in [0, 0.1) is 11.3 Å². The maximum Gasteiger partial charge on any atom is 0.148 e. The highest BCUT2D eigenvalue weighted by atomic mass is 35.5. The molecule has 1 aliphatic carbocycles. The lowest BCUT2D eigenvalue weighted by molar-refractivity contribution is 0.415. The number of hydrogen-bond donors (Lipinski definition) is 1. The number of fused-ring (bicyclic) bond motifs is 1. The van der Waals surface area contributed by atoms with Crippen molar-refractivity contribution in [3.63, 3.8) is 0 Å². The largest absolute Gasteiger partial charge is 0.497 e. The van der Waals surface area contributed by atoms with Crippen molar-refractivity contribution < 1.29 is 4.74 Å². The van der Waals surface area contributed by atoms with E-state index in [0.29, 0.717) is 27.8 Å². The Balaban J connectivity index is 2.00. The second kappa shape index (κ2) is 5.63. The van der Waals surface area contributed by atoms with Gasteiger partial charge in [-0.25, -0.2) is 4.98 Å². The highest BCUT2D eigenvalue weighted by molar-refractivity contribution is 6.33. The van der Waals surface area contributed by atoms with Crippen molar-refractivity contribution in [2.45, 2.75) is 19.3 Å². The zero-order valence-electron chi connectivity index (χ0n) is 11.6. The van der Waals surface area contributed by atoms with E-state index in [9.17, 15) is 5.26 Å². The van der Waals surface area contributed by atoms with Gasteiger partial charge in [-0.1, -0.05) is 11.6 Å². The number of aryl methyl sites for hydroxylation is 2. The third-order valence-corrected chi connectivity index (χ3v) is 3.93. The Morgan fingerprint density at radius 1 is 1.33 bits per heavy atom. The van der Waals surface area contributed by atoms with Gasteiger partial charge in [0.15, 0.2) is 0 Å². The lowest BCUT2D eigenvalue weighted by Crippen LogP contribution is -2.01. The Morgan fingerprint density at radius 3 is 2.95 bits per heavy atom. The second-order valence-corrected chi connectivity index (χ2v) is 5.33. The van der Waals surface area contributed by atoms with Crippen molar-refractivity contribution in [1.29, 1.82) is 5.26 Å². The van der Waals surface area contributed by atoms with Gasteiger partial charge in [-0.05, 0) is 43.0 Å². The summed E-state index contributed by atoms with van der Waals surface area (Å²) in [7, 11) is 1.60. The number of pyridine rings is 1. The zero-order chi connectivity index (χ0) is 14.8. The van der Waals surface area contributed by atoms with Gasteiger partial charge in [0.2, 0.25) is 0 Å². The van der Waals surface area contributed by atoms with Crippen molar-refractivity contribution in [2.24, 2.45) is 0 Å². The first kappa shape index (κ1) is 13.7. The summed E-state index contributed by atoms with van der Waals surface area (Å²) in [6.45, 7) is 0. The molecule has 0 amide bonds. The molecule has 3 rings (SSSR count). The fourth-order valence-electron chi connectivity index (χ4n) is 2.51. The van der Waals surface area contributed by atoms with Crippen LogP contribution in [-0.2, 0) is 12.8 Å². The number of halogens is 1. The fraction of sp³-hybridized carbons (Fsp3) is 0.250. The molecule has 21 heavy (non-hydrogen) atoms. The van der Waals surface area contributed by atoms with Gasteiger partial charge in [0, 0.05) is 11.8 Å². The average molecular weight is 300 g/mol. The van der Waals surface area contributed by atoms with Gasteiger partial charge in [-0.3, -0.25) is 0 Å². The topological polar surface area (TPSA) is 57.9 Å². The SMILES string of the molecule is COc1ccc(Cl)c(Nc2nc3c(cc2C#N)CCC3)c1. The molecule has 2 aromatic rings. The van der Waals surface area contributed by atoms with Gasteiger partial charge in [-0.2, -0.15) is 5.26 Å². The number of methoxy groups -OCH3 is 1. The molecule has 0 spiro atoms. The van der Waals surface area contributed by atoms with E-state index in [1.807, 2.05) is 6.07 Å². The zero-order valence-corrected chi connectivity index (χ0v) is 12.4. The van der Waals surface area contributed by atoms with Crippen LogP contribution in [0.25, 0.3) is 0 Å². The van der Waals surface area contributed by atoms with Gasteiger partial charge in [-0.15, -0.1) is 0 Å². The maximum atomic E-state index is 9.31. The number of rotatable bonds is 3. The van der Waals surface area contributed by atoms with Gasteiger partial charge < -0.3 is 10.1 Å². The minimum absolute atomic E-state index is 0.537. The van der Waals surface area contributed by atoms with Crippen LogP contribution in [0.2, 0.25) is 5.02 Å². The Morgan fingerprint density at radius 2 is 2.19 bits per heavy atom. The number of nitrogens with one attached hydrogen (secondary N) is 1. The molecule has 106 valence electrons. The quantitative estimate of drug-likeness (QED) is 0.935. The van der Waals surface area contributed by atoms with Crippen molar-refractivity contribution in [3.05, 3.63) is 46.1 Å². The van der Waals surface area contributed by atoms with Crippen LogP contribution >= 0.6 is 11.6 Å². The maximum absolute atomic E-state index is 9.31. The summed E-state index contributed by atoms with van der Waals surface area (Å²) in [4.78, 5) is 4.58. The van der Waals surface area contributed by atoms with Crippen molar-refractivity contribution in [1.82, 2.24) is 4.98 Å². The predicted octanol–water partition coefficient (Wildman–Crippen LogP) is 3.85. The van der Waals surface area contributed by atoms with Gasteiger partial charge in [0.25, 0.3) is 0 Å². The van der Waals surface area contributed by atoms with Crippen molar-refractivity contribution in [3.8, 4) is 11.8 Å². The number of nitrogens with zero attached hydrogens (tertiary/aromatic N) is 2. The molecule has 1 aromatic heterocycles. The van der Waals surface area contributed by atoms with Crippen LogP contribution < -0.4 is 10.1 Å². The van der Waals surface area contributed by atoms with Gasteiger partial charge >= 0.3 is 0 Å². The molecule has 1 heterocycles. The number of nitriles is 1. The molecular weight excluding hydrogens is 286 g/mol. The smallest absolute Gasteiger partial charge is 0.148 e. The molecule has 0 unspecified atom stereocenters. The summed E-state index contributed by atoms with van der Waals surface area (Å²) >= 11 is 6.19. The molecular formula is C16H14ClN3O. The minimum atomic E-state index is 0.537. The lowest BCUT2D eigenvalue weighted by Gasteiger charge is -2.12. The van der Waals surface area contributed by atoms with Gasteiger partial charge in [0.1, 0.15) is 17.6 Å². The first-order valence-electron chi connectivity index (χ1n) is 6.74.